The predicted molar refractivity (Wildman–Crippen MR) is 134 cm³/mol. The molecule has 2 aromatic heterocycles. The van der Waals surface area contributed by atoms with Gasteiger partial charge in [-0.15, -0.1) is 10.2 Å². The molecule has 1 atom stereocenters. The Labute approximate surface area is 213 Å². The second-order valence-electron chi connectivity index (χ2n) is 8.43. The standard InChI is InChI=1S/C27H27FN4O5/c1-2-35-25(33)15-18-9-10-22(21(28)14-18)29-27-31-30-26(23-7-5-11-32(23)27)20-6-3-4-8-24(20)37-17-19-16-34-12-13-36-19/h3-11,14,19H,2,12-13,15-17H2,1H3,(H,29,31). The minimum absolute atomic E-state index is 0.00274. The van der Waals surface area contributed by atoms with E-state index in [1.165, 1.54) is 6.07 Å². The number of nitrogens with one attached hydrogen (secondary N) is 1. The number of nitrogens with zero attached hydrogens (tertiary/aromatic N) is 3. The van der Waals surface area contributed by atoms with Gasteiger partial charge >= 0.3 is 5.97 Å². The molecule has 37 heavy (non-hydrogen) atoms. The minimum atomic E-state index is -0.513. The van der Waals surface area contributed by atoms with Gasteiger partial charge in [-0.05, 0) is 48.9 Å². The lowest BCUT2D eigenvalue weighted by molar-refractivity contribution is -0.142. The smallest absolute Gasteiger partial charge is 0.310 e. The first-order chi connectivity index (χ1) is 18.1. The first kappa shape index (κ1) is 24.7. The van der Waals surface area contributed by atoms with Crippen molar-refractivity contribution in [2.75, 3.05) is 38.4 Å². The molecule has 0 spiro atoms. The molecule has 1 unspecified atom stereocenters. The zero-order valence-electron chi connectivity index (χ0n) is 20.4. The molecule has 192 valence electrons. The van der Waals surface area contributed by atoms with Crippen LogP contribution in [0.1, 0.15) is 12.5 Å². The summed E-state index contributed by atoms with van der Waals surface area (Å²) in [6.07, 6.45) is 1.69. The van der Waals surface area contributed by atoms with Crippen molar-refractivity contribution >= 4 is 23.1 Å². The molecule has 1 N–H and O–H groups in total. The number of hydrogen-bond acceptors (Lipinski definition) is 8. The van der Waals surface area contributed by atoms with Crippen molar-refractivity contribution < 1.29 is 28.1 Å². The number of rotatable bonds is 9. The van der Waals surface area contributed by atoms with Gasteiger partial charge < -0.3 is 24.3 Å². The normalized spacial score (nSPS) is 15.5. The first-order valence-electron chi connectivity index (χ1n) is 12.1. The average Bonchev–Trinajstić information content (AvgIpc) is 3.41. The van der Waals surface area contributed by atoms with E-state index < -0.39 is 11.8 Å². The van der Waals surface area contributed by atoms with Crippen LogP contribution < -0.4 is 10.1 Å². The summed E-state index contributed by atoms with van der Waals surface area (Å²) in [5.41, 5.74) is 2.90. The van der Waals surface area contributed by atoms with E-state index in [1.54, 1.807) is 23.5 Å². The SMILES string of the molecule is CCOC(=O)Cc1ccc(Nc2nnc(-c3ccccc3OCC3COCCO3)c3cccn23)c(F)c1. The third-order valence-corrected chi connectivity index (χ3v) is 5.85. The van der Waals surface area contributed by atoms with E-state index >= 15 is 0 Å². The number of halogens is 1. The van der Waals surface area contributed by atoms with Crippen LogP contribution in [0.4, 0.5) is 16.0 Å². The van der Waals surface area contributed by atoms with Gasteiger partial charge in [-0.25, -0.2) is 4.39 Å². The summed E-state index contributed by atoms with van der Waals surface area (Å²) < 4.78 is 38.8. The van der Waals surface area contributed by atoms with Crippen LogP contribution in [0.25, 0.3) is 16.8 Å². The highest BCUT2D eigenvalue weighted by Crippen LogP contribution is 2.33. The van der Waals surface area contributed by atoms with Gasteiger partial charge in [0, 0.05) is 11.8 Å². The molecule has 2 aromatic carbocycles. The Balaban J connectivity index is 1.38. The second kappa shape index (κ2) is 11.4. The molecule has 0 radical (unpaired) electrons. The van der Waals surface area contributed by atoms with Crippen molar-refractivity contribution in [3.63, 3.8) is 0 Å². The maximum Gasteiger partial charge on any atom is 0.310 e. The van der Waals surface area contributed by atoms with Crippen molar-refractivity contribution in [1.82, 2.24) is 14.6 Å². The van der Waals surface area contributed by atoms with Crippen molar-refractivity contribution in [2.24, 2.45) is 0 Å². The van der Waals surface area contributed by atoms with E-state index in [0.717, 1.165) is 11.1 Å². The van der Waals surface area contributed by atoms with Gasteiger partial charge in [-0.1, -0.05) is 18.2 Å². The number of aromatic nitrogens is 3. The fourth-order valence-corrected chi connectivity index (χ4v) is 4.11. The molecule has 1 saturated heterocycles. The Morgan fingerprint density at radius 2 is 2.05 bits per heavy atom. The van der Waals surface area contributed by atoms with Crippen LogP contribution in [0.5, 0.6) is 5.75 Å². The highest BCUT2D eigenvalue weighted by Gasteiger charge is 2.19. The van der Waals surface area contributed by atoms with Gasteiger partial charge in [0.2, 0.25) is 5.95 Å². The number of ether oxygens (including phenoxy) is 4. The lowest BCUT2D eigenvalue weighted by Crippen LogP contribution is -2.33. The average molecular weight is 507 g/mol. The number of esters is 1. The van der Waals surface area contributed by atoms with E-state index in [-0.39, 0.29) is 24.8 Å². The van der Waals surface area contributed by atoms with Gasteiger partial charge in [0.05, 0.1) is 44.1 Å². The lowest BCUT2D eigenvalue weighted by atomic mass is 10.1. The molecule has 3 heterocycles. The van der Waals surface area contributed by atoms with E-state index in [1.807, 2.05) is 42.6 Å². The molecule has 0 aliphatic carbocycles. The molecule has 0 bridgehead atoms. The largest absolute Gasteiger partial charge is 0.490 e. The van der Waals surface area contributed by atoms with Gasteiger partial charge in [-0.2, -0.15) is 0 Å². The highest BCUT2D eigenvalue weighted by molar-refractivity contribution is 5.81. The quantitative estimate of drug-likeness (QED) is 0.338. The summed E-state index contributed by atoms with van der Waals surface area (Å²) in [5.74, 6) is 0.0765. The van der Waals surface area contributed by atoms with Crippen LogP contribution in [-0.4, -0.2) is 59.7 Å². The second-order valence-corrected chi connectivity index (χ2v) is 8.43. The number of anilines is 2. The summed E-state index contributed by atoms with van der Waals surface area (Å²) in [5, 5.41) is 11.8. The van der Waals surface area contributed by atoms with Crippen molar-refractivity contribution in [1.29, 1.82) is 0 Å². The summed E-state index contributed by atoms with van der Waals surface area (Å²) in [4.78, 5) is 11.7. The number of fused-ring (bicyclic) bond motifs is 1. The number of benzene rings is 2. The number of para-hydroxylation sites is 1. The van der Waals surface area contributed by atoms with Gasteiger partial charge in [0.25, 0.3) is 0 Å². The Kier molecular flexibility index (Phi) is 7.57. The van der Waals surface area contributed by atoms with Crippen LogP contribution in [-0.2, 0) is 25.4 Å². The maximum absolute atomic E-state index is 14.8. The van der Waals surface area contributed by atoms with Crippen LogP contribution >= 0.6 is 0 Å². The van der Waals surface area contributed by atoms with Crippen LogP contribution in [0.2, 0.25) is 0 Å². The third-order valence-electron chi connectivity index (χ3n) is 5.85. The zero-order chi connectivity index (χ0) is 25.6. The molecule has 0 saturated carbocycles. The molecular weight excluding hydrogens is 479 g/mol. The van der Waals surface area contributed by atoms with Crippen LogP contribution in [0.15, 0.2) is 60.8 Å². The van der Waals surface area contributed by atoms with Crippen molar-refractivity contribution in [3.8, 4) is 17.0 Å². The third kappa shape index (κ3) is 5.71. The molecule has 1 aliphatic heterocycles. The van der Waals surface area contributed by atoms with E-state index in [4.69, 9.17) is 18.9 Å². The van der Waals surface area contributed by atoms with Crippen molar-refractivity contribution in [3.05, 3.63) is 72.2 Å². The first-order valence-corrected chi connectivity index (χ1v) is 12.1. The van der Waals surface area contributed by atoms with E-state index in [9.17, 15) is 9.18 Å². The maximum atomic E-state index is 14.8. The summed E-state index contributed by atoms with van der Waals surface area (Å²) >= 11 is 0. The van der Waals surface area contributed by atoms with Gasteiger partial charge in [0.15, 0.2) is 0 Å². The molecule has 1 aliphatic rings. The monoisotopic (exact) mass is 506 g/mol. The van der Waals surface area contributed by atoms with E-state index in [0.29, 0.717) is 49.4 Å². The number of carbonyl (C=O) groups is 1. The lowest BCUT2D eigenvalue weighted by Gasteiger charge is -2.23. The Hall–Kier alpha value is -4.02. The van der Waals surface area contributed by atoms with Crippen LogP contribution in [0, 0.1) is 5.82 Å². The van der Waals surface area contributed by atoms with Crippen molar-refractivity contribution in [2.45, 2.75) is 19.4 Å². The minimum Gasteiger partial charge on any atom is -0.490 e. The Bertz CT molecular complexity index is 1390. The molecular formula is C27H27FN4O5. The zero-order valence-corrected chi connectivity index (χ0v) is 20.4. The molecule has 4 aromatic rings. The molecule has 10 heteroatoms. The topological polar surface area (TPSA) is 96.2 Å². The summed E-state index contributed by atoms with van der Waals surface area (Å²) in [6, 6.07) is 15.9. The van der Waals surface area contributed by atoms with Gasteiger partial charge in [0.1, 0.15) is 30.0 Å². The molecule has 0 amide bonds. The number of hydrogen-bond donors (Lipinski definition) is 1. The molecule has 5 rings (SSSR count). The summed E-state index contributed by atoms with van der Waals surface area (Å²) in [6.45, 7) is 4.00. The van der Waals surface area contributed by atoms with Gasteiger partial charge in [-0.3, -0.25) is 9.20 Å². The molecule has 9 nitrogen and oxygen atoms in total. The number of carbonyl (C=O) groups excluding carboxylic acids is 1. The predicted octanol–water partition coefficient (Wildman–Crippen LogP) is 4.18. The Morgan fingerprint density at radius 1 is 1.16 bits per heavy atom. The fraction of sp³-hybridized carbons (Fsp3) is 0.296. The molecule has 1 fully saturated rings. The fourth-order valence-electron chi connectivity index (χ4n) is 4.11. The van der Waals surface area contributed by atoms with Crippen LogP contribution in [0.3, 0.4) is 0 Å². The Morgan fingerprint density at radius 3 is 2.86 bits per heavy atom. The van der Waals surface area contributed by atoms with E-state index in [2.05, 4.69) is 15.5 Å². The highest BCUT2D eigenvalue weighted by atomic mass is 19.1. The summed E-state index contributed by atoms with van der Waals surface area (Å²) in [7, 11) is 0.